The lowest BCUT2D eigenvalue weighted by molar-refractivity contribution is -0.139. The molecule has 23 heavy (non-hydrogen) atoms. The average molecular weight is 317 g/mol. The second kappa shape index (κ2) is 4.95. The van der Waals surface area contributed by atoms with Gasteiger partial charge in [0.1, 0.15) is 0 Å². The Labute approximate surface area is 133 Å². The second-order valence-electron chi connectivity index (χ2n) is 6.99. The number of benzene rings is 2. The molecule has 1 nitrogen and oxygen atoms in total. The highest BCUT2D eigenvalue weighted by atomic mass is 19.4. The number of halogens is 3. The molecule has 0 amide bonds. The van der Waals surface area contributed by atoms with Crippen LogP contribution in [0.1, 0.15) is 37.6 Å². The normalized spacial score (nSPS) is 13.0. The van der Waals surface area contributed by atoms with E-state index in [9.17, 15) is 13.2 Å². The lowest BCUT2D eigenvalue weighted by Gasteiger charge is -2.21. The van der Waals surface area contributed by atoms with Crippen molar-refractivity contribution in [1.29, 1.82) is 0 Å². The molecule has 3 rings (SSSR count). The number of fused-ring (bicyclic) bond motifs is 3. The van der Waals surface area contributed by atoms with Crippen molar-refractivity contribution in [3.63, 3.8) is 0 Å². The quantitative estimate of drug-likeness (QED) is 0.462. The van der Waals surface area contributed by atoms with Crippen LogP contribution in [-0.4, -0.2) is 4.98 Å². The van der Waals surface area contributed by atoms with Crippen LogP contribution in [0.2, 0.25) is 0 Å². The zero-order valence-corrected chi connectivity index (χ0v) is 13.5. The van der Waals surface area contributed by atoms with Crippen molar-refractivity contribution in [3.8, 4) is 0 Å². The fourth-order valence-corrected chi connectivity index (χ4v) is 2.80. The molecule has 0 spiro atoms. The van der Waals surface area contributed by atoms with E-state index in [1.807, 2.05) is 39.8 Å². The Bertz CT molecular complexity index is 902. The van der Waals surface area contributed by atoms with Crippen molar-refractivity contribution in [2.75, 3.05) is 0 Å². The lowest BCUT2D eigenvalue weighted by atomic mass is 9.85. The van der Waals surface area contributed by atoms with Crippen molar-refractivity contribution < 1.29 is 13.2 Å². The van der Waals surface area contributed by atoms with E-state index in [2.05, 4.69) is 4.98 Å². The van der Waals surface area contributed by atoms with E-state index < -0.39 is 11.9 Å². The molecule has 1 aromatic heterocycles. The molecule has 0 unspecified atom stereocenters. The fourth-order valence-electron chi connectivity index (χ4n) is 2.80. The third-order valence-corrected chi connectivity index (χ3v) is 4.08. The molecule has 0 fully saturated rings. The monoisotopic (exact) mass is 317 g/mol. The van der Waals surface area contributed by atoms with Crippen LogP contribution < -0.4 is 0 Å². The average Bonchev–Trinajstić information content (AvgIpc) is 2.44. The van der Waals surface area contributed by atoms with Crippen molar-refractivity contribution in [2.45, 2.75) is 39.3 Å². The van der Waals surface area contributed by atoms with Gasteiger partial charge in [0, 0.05) is 10.8 Å². The van der Waals surface area contributed by atoms with E-state index in [0.717, 1.165) is 16.5 Å². The summed E-state index contributed by atoms with van der Waals surface area (Å²) in [6.07, 6.45) is -4.48. The third kappa shape index (κ3) is 2.78. The summed E-state index contributed by atoms with van der Waals surface area (Å²) < 4.78 is 40.5. The molecule has 0 saturated carbocycles. The molecule has 3 aromatic rings. The Kier molecular flexibility index (Phi) is 3.40. The van der Waals surface area contributed by atoms with E-state index in [1.54, 1.807) is 24.3 Å². The maximum absolute atomic E-state index is 13.5. The van der Waals surface area contributed by atoms with Crippen LogP contribution in [0.5, 0.6) is 0 Å². The fraction of sp³-hybridized carbons (Fsp3) is 0.316. The summed E-state index contributed by atoms with van der Waals surface area (Å²) in [6, 6.07) is 10.6. The van der Waals surface area contributed by atoms with Gasteiger partial charge in [-0.15, -0.1) is 0 Å². The summed E-state index contributed by atoms with van der Waals surface area (Å²) in [4.78, 5) is 3.91. The van der Waals surface area contributed by atoms with E-state index in [0.29, 0.717) is 10.9 Å². The molecule has 4 heteroatoms. The zero-order chi connectivity index (χ0) is 17.0. The first-order valence-electron chi connectivity index (χ1n) is 7.49. The van der Waals surface area contributed by atoms with Gasteiger partial charge in [0.05, 0.1) is 5.52 Å². The van der Waals surface area contributed by atoms with Gasteiger partial charge >= 0.3 is 6.18 Å². The van der Waals surface area contributed by atoms with Gasteiger partial charge in [-0.25, -0.2) is 4.98 Å². The first-order valence-corrected chi connectivity index (χ1v) is 7.49. The molecule has 0 aliphatic carbocycles. The van der Waals surface area contributed by atoms with E-state index in [4.69, 9.17) is 0 Å². The predicted octanol–water partition coefficient (Wildman–Crippen LogP) is 6.01. The van der Waals surface area contributed by atoms with Gasteiger partial charge in [-0.1, -0.05) is 44.5 Å². The molecule has 0 bridgehead atoms. The number of aryl methyl sites for hydroxylation is 1. The summed E-state index contributed by atoms with van der Waals surface area (Å²) >= 11 is 0. The number of hydrogen-bond donors (Lipinski definition) is 0. The molecular formula is C19H18F3N. The van der Waals surface area contributed by atoms with Crippen molar-refractivity contribution in [2.24, 2.45) is 0 Å². The van der Waals surface area contributed by atoms with Crippen LogP contribution >= 0.6 is 0 Å². The molecule has 0 aliphatic heterocycles. The van der Waals surface area contributed by atoms with E-state index in [-0.39, 0.29) is 10.8 Å². The van der Waals surface area contributed by atoms with Crippen molar-refractivity contribution in [3.05, 3.63) is 53.2 Å². The maximum atomic E-state index is 13.5. The van der Waals surface area contributed by atoms with Crippen LogP contribution in [0.3, 0.4) is 0 Å². The molecule has 0 atom stereocenters. The van der Waals surface area contributed by atoms with Gasteiger partial charge in [0.15, 0.2) is 5.69 Å². The Morgan fingerprint density at radius 1 is 0.826 bits per heavy atom. The number of aromatic nitrogens is 1. The molecule has 0 aliphatic rings. The number of hydrogen-bond acceptors (Lipinski definition) is 1. The summed E-state index contributed by atoms with van der Waals surface area (Å²) in [5.74, 6) is 0. The van der Waals surface area contributed by atoms with Gasteiger partial charge in [-0.2, -0.15) is 13.2 Å². The molecule has 1 heterocycles. The Morgan fingerprint density at radius 2 is 1.52 bits per heavy atom. The van der Waals surface area contributed by atoms with Gasteiger partial charge in [-0.3, -0.25) is 0 Å². The van der Waals surface area contributed by atoms with Gasteiger partial charge in [0.2, 0.25) is 0 Å². The van der Waals surface area contributed by atoms with Gasteiger partial charge in [0.25, 0.3) is 0 Å². The minimum atomic E-state index is -4.48. The van der Waals surface area contributed by atoms with Crippen LogP contribution in [0.25, 0.3) is 21.7 Å². The zero-order valence-electron chi connectivity index (χ0n) is 13.5. The lowest BCUT2D eigenvalue weighted by Crippen LogP contribution is -2.13. The van der Waals surface area contributed by atoms with Crippen LogP contribution in [0.15, 0.2) is 36.4 Å². The van der Waals surface area contributed by atoms with E-state index >= 15 is 0 Å². The number of pyridine rings is 1. The highest BCUT2D eigenvalue weighted by Gasteiger charge is 2.35. The highest BCUT2D eigenvalue weighted by molar-refractivity contribution is 6.07. The molecule has 0 N–H and O–H groups in total. The molecule has 0 radical (unpaired) electrons. The van der Waals surface area contributed by atoms with Crippen LogP contribution in [0.4, 0.5) is 13.2 Å². The highest BCUT2D eigenvalue weighted by Crippen LogP contribution is 2.38. The molecule has 120 valence electrons. The second-order valence-corrected chi connectivity index (χ2v) is 6.99. The Hall–Kier alpha value is -2.10. The molecular weight excluding hydrogens is 299 g/mol. The minimum absolute atomic E-state index is 0.169. The summed E-state index contributed by atoms with van der Waals surface area (Å²) in [5, 5.41) is 1.52. The predicted molar refractivity (Wildman–Crippen MR) is 87.7 cm³/mol. The van der Waals surface area contributed by atoms with Gasteiger partial charge in [-0.05, 0) is 41.5 Å². The maximum Gasteiger partial charge on any atom is 0.433 e. The summed E-state index contributed by atoms with van der Waals surface area (Å²) in [6.45, 7) is 7.88. The smallest absolute Gasteiger partial charge is 0.243 e. The SMILES string of the molecule is Cc1ccc2nc(C(F)(F)F)c3cc(C(C)(C)C)ccc3c2c1. The van der Waals surface area contributed by atoms with Crippen molar-refractivity contribution >= 4 is 21.7 Å². The molecule has 2 aromatic carbocycles. The van der Waals surface area contributed by atoms with Crippen LogP contribution in [0, 0.1) is 6.92 Å². The third-order valence-electron chi connectivity index (χ3n) is 4.08. The first-order chi connectivity index (χ1) is 10.6. The topological polar surface area (TPSA) is 12.9 Å². The summed E-state index contributed by atoms with van der Waals surface area (Å²) in [7, 11) is 0. The number of rotatable bonds is 0. The largest absolute Gasteiger partial charge is 0.433 e. The summed E-state index contributed by atoms with van der Waals surface area (Å²) in [5.41, 5.74) is 1.21. The first kappa shape index (κ1) is 15.8. The number of nitrogens with zero attached hydrogens (tertiary/aromatic N) is 1. The molecule has 0 saturated heterocycles. The minimum Gasteiger partial charge on any atom is -0.243 e. The standard InChI is InChI=1S/C19H18F3N/c1-11-5-8-16-14(9-11)13-7-6-12(18(2,3)4)10-15(13)17(23-16)19(20,21)22/h5-10H,1-4H3. The Balaban J connectivity index is 2.49. The van der Waals surface area contributed by atoms with Crippen LogP contribution in [-0.2, 0) is 11.6 Å². The van der Waals surface area contributed by atoms with Crippen molar-refractivity contribution in [1.82, 2.24) is 4.98 Å². The van der Waals surface area contributed by atoms with Gasteiger partial charge < -0.3 is 0 Å². The Morgan fingerprint density at radius 3 is 2.13 bits per heavy atom. The number of alkyl halides is 3. The van der Waals surface area contributed by atoms with E-state index in [1.165, 1.54) is 0 Å².